The number of carbonyl (C=O) groups is 1. The summed E-state index contributed by atoms with van der Waals surface area (Å²) >= 11 is 6.09. The van der Waals surface area contributed by atoms with E-state index >= 15 is 0 Å². The molecule has 3 aromatic carbocycles. The zero-order valence-electron chi connectivity index (χ0n) is 16.7. The molecule has 0 radical (unpaired) electrons. The number of nitrogens with zero attached hydrogens (tertiary/aromatic N) is 1. The quantitative estimate of drug-likeness (QED) is 0.596. The molecule has 1 N–H and O–H groups in total. The standard InChI is InChI=1S/C22H21ClN2O4S/c1-15-4-7-17(14-21(15)23)24-22(26)16-5-8-18(9-6-16)25(2)30(27,28)20-12-10-19(29-3)11-13-20/h4-14H,1-3H3,(H,24,26). The lowest BCUT2D eigenvalue weighted by molar-refractivity contribution is 0.102. The number of anilines is 2. The molecule has 0 aliphatic heterocycles. The molecule has 0 aromatic heterocycles. The van der Waals surface area contributed by atoms with Crippen LogP contribution in [-0.2, 0) is 10.0 Å². The summed E-state index contributed by atoms with van der Waals surface area (Å²) in [5.74, 6) is 0.254. The van der Waals surface area contributed by atoms with E-state index in [0.29, 0.717) is 27.7 Å². The van der Waals surface area contributed by atoms with Gasteiger partial charge in [-0.25, -0.2) is 8.42 Å². The van der Waals surface area contributed by atoms with Crippen molar-refractivity contribution in [3.8, 4) is 5.75 Å². The van der Waals surface area contributed by atoms with Crippen LogP contribution < -0.4 is 14.4 Å². The number of halogens is 1. The van der Waals surface area contributed by atoms with Crippen LogP contribution in [0, 0.1) is 6.92 Å². The van der Waals surface area contributed by atoms with Gasteiger partial charge in [0.15, 0.2) is 0 Å². The summed E-state index contributed by atoms with van der Waals surface area (Å²) in [5.41, 5.74) is 2.32. The molecule has 0 saturated heterocycles. The Morgan fingerprint density at radius 1 is 1.00 bits per heavy atom. The predicted octanol–water partition coefficient (Wildman–Crippen LogP) is 4.73. The first kappa shape index (κ1) is 21.7. The van der Waals surface area contributed by atoms with E-state index in [1.165, 1.54) is 26.3 Å². The molecular formula is C22H21ClN2O4S. The van der Waals surface area contributed by atoms with Gasteiger partial charge in [0, 0.05) is 23.3 Å². The number of methoxy groups -OCH3 is 1. The van der Waals surface area contributed by atoms with E-state index in [-0.39, 0.29) is 10.8 Å². The minimum Gasteiger partial charge on any atom is -0.497 e. The Morgan fingerprint density at radius 3 is 2.20 bits per heavy atom. The fourth-order valence-corrected chi connectivity index (χ4v) is 4.12. The normalized spacial score (nSPS) is 11.1. The molecule has 6 nitrogen and oxygen atoms in total. The molecule has 30 heavy (non-hydrogen) atoms. The van der Waals surface area contributed by atoms with Crippen molar-refractivity contribution in [1.29, 1.82) is 0 Å². The van der Waals surface area contributed by atoms with Crippen LogP contribution in [0.15, 0.2) is 71.6 Å². The number of nitrogens with one attached hydrogen (secondary N) is 1. The minimum atomic E-state index is -3.74. The van der Waals surface area contributed by atoms with Crippen molar-refractivity contribution in [2.24, 2.45) is 0 Å². The molecule has 0 spiro atoms. The topological polar surface area (TPSA) is 75.7 Å². The highest BCUT2D eigenvalue weighted by Crippen LogP contribution is 2.25. The third-order valence-electron chi connectivity index (χ3n) is 4.64. The SMILES string of the molecule is COc1ccc(S(=O)(=O)N(C)c2ccc(C(=O)Nc3ccc(C)c(Cl)c3)cc2)cc1. The lowest BCUT2D eigenvalue weighted by Crippen LogP contribution is -2.26. The fraction of sp³-hybridized carbons (Fsp3) is 0.136. The number of hydrogen-bond donors (Lipinski definition) is 1. The van der Waals surface area contributed by atoms with Crippen LogP contribution in [0.5, 0.6) is 5.75 Å². The van der Waals surface area contributed by atoms with Crippen molar-refractivity contribution in [3.05, 3.63) is 82.9 Å². The lowest BCUT2D eigenvalue weighted by Gasteiger charge is -2.20. The summed E-state index contributed by atoms with van der Waals surface area (Å²) in [6.07, 6.45) is 0. The van der Waals surface area contributed by atoms with Gasteiger partial charge < -0.3 is 10.1 Å². The fourth-order valence-electron chi connectivity index (χ4n) is 2.74. The van der Waals surface area contributed by atoms with Gasteiger partial charge in [0.25, 0.3) is 15.9 Å². The van der Waals surface area contributed by atoms with Gasteiger partial charge in [0.05, 0.1) is 17.7 Å². The zero-order chi connectivity index (χ0) is 21.9. The Labute approximate surface area is 181 Å². The second-order valence-electron chi connectivity index (χ2n) is 6.61. The number of hydrogen-bond acceptors (Lipinski definition) is 4. The molecule has 3 aromatic rings. The summed E-state index contributed by atoms with van der Waals surface area (Å²) in [7, 11) is -0.769. The van der Waals surface area contributed by atoms with Gasteiger partial charge in [-0.05, 0) is 73.2 Å². The van der Waals surface area contributed by atoms with E-state index in [1.807, 2.05) is 13.0 Å². The van der Waals surface area contributed by atoms with Crippen LogP contribution in [0.1, 0.15) is 15.9 Å². The number of amides is 1. The highest BCUT2D eigenvalue weighted by molar-refractivity contribution is 7.92. The Bertz CT molecular complexity index is 1160. The average molecular weight is 445 g/mol. The molecule has 0 bridgehead atoms. The van der Waals surface area contributed by atoms with Crippen LogP contribution >= 0.6 is 11.6 Å². The number of aryl methyl sites for hydroxylation is 1. The van der Waals surface area contributed by atoms with Gasteiger partial charge in [-0.1, -0.05) is 17.7 Å². The van der Waals surface area contributed by atoms with Crippen molar-refractivity contribution < 1.29 is 17.9 Å². The molecule has 1 amide bonds. The van der Waals surface area contributed by atoms with Gasteiger partial charge >= 0.3 is 0 Å². The summed E-state index contributed by atoms with van der Waals surface area (Å²) < 4.78 is 31.9. The van der Waals surface area contributed by atoms with Crippen LogP contribution in [0.3, 0.4) is 0 Å². The van der Waals surface area contributed by atoms with E-state index < -0.39 is 10.0 Å². The van der Waals surface area contributed by atoms with E-state index in [2.05, 4.69) is 5.32 Å². The van der Waals surface area contributed by atoms with Gasteiger partial charge in [-0.3, -0.25) is 9.10 Å². The molecule has 0 fully saturated rings. The monoisotopic (exact) mass is 444 g/mol. The Morgan fingerprint density at radius 2 is 1.63 bits per heavy atom. The Balaban J connectivity index is 1.76. The number of ether oxygens (including phenoxy) is 1. The number of benzene rings is 3. The van der Waals surface area contributed by atoms with Gasteiger partial charge in [0.2, 0.25) is 0 Å². The summed E-state index contributed by atoms with van der Waals surface area (Å²) in [6, 6.07) is 17.7. The highest BCUT2D eigenvalue weighted by atomic mass is 35.5. The molecule has 0 atom stereocenters. The predicted molar refractivity (Wildman–Crippen MR) is 119 cm³/mol. The molecule has 0 unspecified atom stereocenters. The smallest absolute Gasteiger partial charge is 0.264 e. The summed E-state index contributed by atoms with van der Waals surface area (Å²) in [5, 5.41) is 3.34. The van der Waals surface area contributed by atoms with E-state index in [4.69, 9.17) is 16.3 Å². The van der Waals surface area contributed by atoms with Gasteiger partial charge in [-0.15, -0.1) is 0 Å². The van der Waals surface area contributed by atoms with Crippen LogP contribution in [0.2, 0.25) is 5.02 Å². The van der Waals surface area contributed by atoms with Crippen LogP contribution in [0.25, 0.3) is 0 Å². The second kappa shape index (κ2) is 8.77. The minimum absolute atomic E-state index is 0.142. The average Bonchev–Trinajstić information content (AvgIpc) is 2.76. The number of carbonyl (C=O) groups excluding carboxylic acids is 1. The molecule has 0 saturated carbocycles. The summed E-state index contributed by atoms with van der Waals surface area (Å²) in [6.45, 7) is 1.88. The van der Waals surface area contributed by atoms with E-state index in [1.54, 1.807) is 48.5 Å². The first-order valence-corrected chi connectivity index (χ1v) is 10.8. The van der Waals surface area contributed by atoms with Crippen LogP contribution in [-0.4, -0.2) is 28.5 Å². The molecule has 0 aliphatic carbocycles. The Kier molecular flexibility index (Phi) is 6.34. The molecule has 3 rings (SSSR count). The van der Waals surface area contributed by atoms with E-state index in [0.717, 1.165) is 9.87 Å². The first-order chi connectivity index (χ1) is 14.2. The number of rotatable bonds is 6. The zero-order valence-corrected chi connectivity index (χ0v) is 18.3. The lowest BCUT2D eigenvalue weighted by atomic mass is 10.1. The van der Waals surface area contributed by atoms with Crippen molar-refractivity contribution >= 4 is 38.9 Å². The van der Waals surface area contributed by atoms with Gasteiger partial charge in [-0.2, -0.15) is 0 Å². The number of sulfonamides is 1. The molecule has 0 aliphatic rings. The first-order valence-electron chi connectivity index (χ1n) is 9.03. The largest absolute Gasteiger partial charge is 0.497 e. The second-order valence-corrected chi connectivity index (χ2v) is 8.99. The van der Waals surface area contributed by atoms with Crippen LogP contribution in [0.4, 0.5) is 11.4 Å². The van der Waals surface area contributed by atoms with Crippen molar-refractivity contribution in [3.63, 3.8) is 0 Å². The maximum Gasteiger partial charge on any atom is 0.264 e. The molecule has 0 heterocycles. The van der Waals surface area contributed by atoms with Crippen molar-refractivity contribution in [2.45, 2.75) is 11.8 Å². The Hall–Kier alpha value is -3.03. The van der Waals surface area contributed by atoms with E-state index in [9.17, 15) is 13.2 Å². The van der Waals surface area contributed by atoms with Crippen molar-refractivity contribution in [1.82, 2.24) is 0 Å². The molecule has 8 heteroatoms. The highest BCUT2D eigenvalue weighted by Gasteiger charge is 2.21. The van der Waals surface area contributed by atoms with Gasteiger partial charge in [0.1, 0.15) is 5.75 Å². The third-order valence-corrected chi connectivity index (χ3v) is 6.85. The maximum absolute atomic E-state index is 12.8. The third kappa shape index (κ3) is 4.58. The molecular weight excluding hydrogens is 424 g/mol. The maximum atomic E-state index is 12.8. The molecule has 156 valence electrons. The van der Waals surface area contributed by atoms with Crippen molar-refractivity contribution in [2.75, 3.05) is 23.8 Å². The summed E-state index contributed by atoms with van der Waals surface area (Å²) in [4.78, 5) is 12.6.